The molecule has 0 spiro atoms. The van der Waals surface area contributed by atoms with Gasteiger partial charge < -0.3 is 34.1 Å². The molecule has 350 valence electrons. The number of cyclic esters (lactones) is 1. The number of esters is 1. The number of fused-ring (bicyclic) bond motifs is 5. The predicted molar refractivity (Wildman–Crippen MR) is 249 cm³/mol. The molecule has 5 heterocycles. The van der Waals surface area contributed by atoms with Crippen LogP contribution in [0.25, 0.3) is 27.9 Å². The number of hydrazine groups is 1. The lowest BCUT2D eigenvalue weighted by Crippen LogP contribution is -2.62. The van der Waals surface area contributed by atoms with Crippen molar-refractivity contribution in [2.45, 2.75) is 130 Å². The van der Waals surface area contributed by atoms with Gasteiger partial charge in [-0.25, -0.2) is 10.2 Å². The van der Waals surface area contributed by atoms with Crippen LogP contribution in [-0.4, -0.2) is 136 Å². The first-order chi connectivity index (χ1) is 30.8. The molecule has 1 aliphatic carbocycles. The smallest absolute Gasteiger partial charge is 0.324 e. The third-order valence-corrected chi connectivity index (χ3v) is 13.6. The first-order valence-corrected chi connectivity index (χ1v) is 23.0. The normalized spacial score (nSPS) is 22.9. The van der Waals surface area contributed by atoms with Crippen molar-refractivity contribution in [1.82, 2.24) is 40.0 Å². The minimum atomic E-state index is -1.06. The SMILES string of the molecule is CCn1c(-c2cccnc2[C@H](C)OC)c2c3cc(ccc31)C1=CCC(=N1)C[C@H](NC(=O)[C@H](C(C)C)N(C)C(=O)N(C)[C@@H]1C[C@H]1N(C)C(C)=O)C(=O)N1CCC[C@H](N1)C(=O)OCC(C)(C)C2. The number of hydrogen-bond acceptors (Lipinski definition) is 10. The highest BCUT2D eigenvalue weighted by molar-refractivity contribution is 6.02. The Labute approximate surface area is 382 Å². The number of carbonyl (C=O) groups excluding carboxylic acids is 5. The highest BCUT2D eigenvalue weighted by atomic mass is 16.5. The Morgan fingerprint density at radius 2 is 1.82 bits per heavy atom. The van der Waals surface area contributed by atoms with Crippen molar-refractivity contribution in [3.63, 3.8) is 0 Å². The van der Waals surface area contributed by atoms with E-state index >= 15 is 0 Å². The third-order valence-electron chi connectivity index (χ3n) is 13.6. The van der Waals surface area contributed by atoms with E-state index in [1.54, 1.807) is 44.2 Å². The number of pyridine rings is 1. The molecule has 4 aliphatic rings. The van der Waals surface area contributed by atoms with E-state index in [9.17, 15) is 24.0 Å². The summed E-state index contributed by atoms with van der Waals surface area (Å²) >= 11 is 0. The number of aryl methyl sites for hydroxylation is 1. The molecule has 16 heteroatoms. The number of nitrogens with zero attached hydrogens (tertiary/aromatic N) is 7. The van der Waals surface area contributed by atoms with Gasteiger partial charge in [-0.05, 0) is 75.3 Å². The Bertz CT molecular complexity index is 2400. The summed E-state index contributed by atoms with van der Waals surface area (Å²) in [5, 5.41) is 5.52. The van der Waals surface area contributed by atoms with Crippen molar-refractivity contribution in [2.75, 3.05) is 41.4 Å². The maximum absolute atomic E-state index is 14.6. The van der Waals surface area contributed by atoms with Gasteiger partial charge in [-0.2, -0.15) is 0 Å². The zero-order valence-corrected chi connectivity index (χ0v) is 39.9. The van der Waals surface area contributed by atoms with Crippen molar-refractivity contribution in [2.24, 2.45) is 16.3 Å². The van der Waals surface area contributed by atoms with Crippen LogP contribution in [0.15, 0.2) is 47.6 Å². The number of urea groups is 1. The summed E-state index contributed by atoms with van der Waals surface area (Å²) in [7, 11) is 6.69. The average molecular weight is 894 g/mol. The van der Waals surface area contributed by atoms with E-state index in [2.05, 4.69) is 66.4 Å². The number of hydrogen-bond donors (Lipinski definition) is 2. The minimum absolute atomic E-state index is 0.0791. The molecule has 2 fully saturated rings. The lowest BCUT2D eigenvalue weighted by atomic mass is 9.84. The van der Waals surface area contributed by atoms with Gasteiger partial charge in [-0.1, -0.05) is 39.8 Å². The van der Waals surface area contributed by atoms with Crippen molar-refractivity contribution in [3.05, 3.63) is 59.4 Å². The highest BCUT2D eigenvalue weighted by Gasteiger charge is 2.48. The molecule has 1 saturated heterocycles. The topological polar surface area (TPSA) is 171 Å². The fourth-order valence-corrected chi connectivity index (χ4v) is 9.80. The van der Waals surface area contributed by atoms with Crippen LogP contribution in [0.4, 0.5) is 4.79 Å². The second-order valence-corrected chi connectivity index (χ2v) is 19.3. The zero-order chi connectivity index (χ0) is 47.1. The number of likely N-dealkylation sites (N-methyl/N-ethyl adjacent to an activating group) is 3. The highest BCUT2D eigenvalue weighted by Crippen LogP contribution is 2.42. The molecule has 16 nitrogen and oxygen atoms in total. The number of benzene rings is 1. The van der Waals surface area contributed by atoms with Crippen LogP contribution in [0, 0.1) is 11.3 Å². The number of aromatic nitrogens is 2. The summed E-state index contributed by atoms with van der Waals surface area (Å²) in [6.45, 7) is 14.7. The Kier molecular flexibility index (Phi) is 13.9. The number of methoxy groups -OCH3 is 1. The zero-order valence-electron chi connectivity index (χ0n) is 39.9. The molecule has 1 saturated carbocycles. The molecule has 0 radical (unpaired) electrons. The molecule has 0 unspecified atom stereocenters. The van der Waals surface area contributed by atoms with Crippen LogP contribution in [0.5, 0.6) is 0 Å². The Balaban J connectivity index is 1.25. The summed E-state index contributed by atoms with van der Waals surface area (Å²) < 4.78 is 14.2. The van der Waals surface area contributed by atoms with Crippen molar-refractivity contribution in [1.29, 1.82) is 0 Å². The van der Waals surface area contributed by atoms with Crippen molar-refractivity contribution >= 4 is 52.0 Å². The van der Waals surface area contributed by atoms with Gasteiger partial charge in [0, 0.05) is 100 Å². The maximum atomic E-state index is 14.6. The molecular weight excluding hydrogens is 827 g/mol. The second-order valence-electron chi connectivity index (χ2n) is 19.3. The quantitative estimate of drug-likeness (QED) is 0.241. The molecule has 3 aliphatic heterocycles. The number of allylic oxidation sites excluding steroid dienone is 1. The van der Waals surface area contributed by atoms with Crippen molar-refractivity contribution < 1.29 is 33.4 Å². The lowest BCUT2D eigenvalue weighted by Gasteiger charge is -2.37. The molecule has 6 bridgehead atoms. The summed E-state index contributed by atoms with van der Waals surface area (Å²) in [5.41, 5.74) is 10.1. The van der Waals surface area contributed by atoms with E-state index in [4.69, 9.17) is 19.5 Å². The summed E-state index contributed by atoms with van der Waals surface area (Å²) in [6, 6.07) is 7.06. The van der Waals surface area contributed by atoms with Gasteiger partial charge in [0.1, 0.15) is 18.1 Å². The van der Waals surface area contributed by atoms with E-state index < -0.39 is 41.3 Å². The minimum Gasteiger partial charge on any atom is -0.464 e. The van der Waals surface area contributed by atoms with Crippen LogP contribution >= 0.6 is 0 Å². The van der Waals surface area contributed by atoms with Crippen LogP contribution in [0.3, 0.4) is 0 Å². The molecule has 5 amide bonds. The van der Waals surface area contributed by atoms with Gasteiger partial charge in [0.25, 0.3) is 5.91 Å². The van der Waals surface area contributed by atoms with Gasteiger partial charge in [0.05, 0.1) is 41.9 Å². The third kappa shape index (κ3) is 9.69. The second kappa shape index (κ2) is 19.1. The first-order valence-electron chi connectivity index (χ1n) is 23.0. The molecule has 65 heavy (non-hydrogen) atoms. The maximum Gasteiger partial charge on any atom is 0.324 e. The lowest BCUT2D eigenvalue weighted by molar-refractivity contribution is -0.155. The molecule has 6 atom stereocenters. The number of ether oxygens (including phenoxy) is 2. The largest absolute Gasteiger partial charge is 0.464 e. The summed E-state index contributed by atoms with van der Waals surface area (Å²) in [4.78, 5) is 83.4. The summed E-state index contributed by atoms with van der Waals surface area (Å²) in [5.74, 6) is -1.74. The standard InChI is InChI=1S/C49H67N9O7/c1-12-57-39-20-17-31-23-34(39)35(44(57)33-15-13-21-50-42(33)29(4)64-11)26-49(6,7)27-65-47(62)37-16-14-22-58(53-37)46(61)38(24-32-18-19-36(31)51-32)52-45(60)43(28(2)3)56(10)48(63)55(9)41-25-40(41)54(8)30(5)59/h13,15,17,19-21,23,28-29,37-38,40-41,43,53H,12,14,16,18,22,24-27H2,1-11H3,(H,52,60)/t29-,37-,38-,40+,41+,43-/m0/s1. The molecule has 7 rings (SSSR count). The summed E-state index contributed by atoms with van der Waals surface area (Å²) in [6.07, 6.45) is 6.43. The predicted octanol–water partition coefficient (Wildman–Crippen LogP) is 5.74. The Morgan fingerprint density at radius 3 is 2.51 bits per heavy atom. The van der Waals surface area contributed by atoms with Crippen LogP contribution in [0.2, 0.25) is 0 Å². The molecule has 2 aromatic heterocycles. The van der Waals surface area contributed by atoms with E-state index in [0.717, 1.165) is 44.7 Å². The number of amides is 5. The van der Waals surface area contributed by atoms with Gasteiger partial charge >= 0.3 is 12.0 Å². The van der Waals surface area contributed by atoms with E-state index in [0.29, 0.717) is 50.9 Å². The van der Waals surface area contributed by atoms with Crippen LogP contribution in [-0.2, 0) is 41.6 Å². The van der Waals surface area contributed by atoms with Gasteiger partial charge in [-0.3, -0.25) is 34.2 Å². The number of nitrogens with one attached hydrogen (secondary N) is 2. The average Bonchev–Trinajstić information content (AvgIpc) is 3.85. The van der Waals surface area contributed by atoms with E-state index in [1.165, 1.54) is 16.8 Å². The number of aliphatic imine (C=N–C) groups is 1. The fraction of sp³-hybridized carbons (Fsp3) is 0.571. The van der Waals surface area contributed by atoms with E-state index in [-0.39, 0.29) is 49.1 Å². The van der Waals surface area contributed by atoms with Crippen LogP contribution < -0.4 is 10.7 Å². The molecule has 2 N–H and O–H groups in total. The molecular formula is C49H67N9O7. The van der Waals surface area contributed by atoms with Crippen LogP contribution in [0.1, 0.15) is 103 Å². The van der Waals surface area contributed by atoms with E-state index in [1.807, 2.05) is 26.8 Å². The first kappa shape index (κ1) is 47.4. The fourth-order valence-electron chi connectivity index (χ4n) is 9.80. The number of carbonyl (C=O) groups is 5. The monoisotopic (exact) mass is 894 g/mol. The Hall–Kier alpha value is -5.61. The number of rotatable bonds is 10. The van der Waals surface area contributed by atoms with Crippen molar-refractivity contribution in [3.8, 4) is 11.3 Å². The molecule has 3 aromatic rings. The van der Waals surface area contributed by atoms with Gasteiger partial charge in [0.2, 0.25) is 11.8 Å². The molecule has 1 aromatic carbocycles. The Morgan fingerprint density at radius 1 is 1.08 bits per heavy atom. The van der Waals surface area contributed by atoms with Gasteiger partial charge in [-0.15, -0.1) is 0 Å². The van der Waals surface area contributed by atoms with Gasteiger partial charge in [0.15, 0.2) is 0 Å².